The predicted octanol–water partition coefficient (Wildman–Crippen LogP) is 8.76. The second-order valence-corrected chi connectivity index (χ2v) is 18.0. The molecule has 4 aliphatic carbocycles. The third-order valence-electron chi connectivity index (χ3n) is 15.2. The van der Waals surface area contributed by atoms with E-state index in [2.05, 4.69) is 66.7 Å². The number of rotatable bonds is 11. The lowest BCUT2D eigenvalue weighted by atomic mass is 9.44. The Balaban J connectivity index is 0.811. The second-order valence-electron chi connectivity index (χ2n) is 18.0. The van der Waals surface area contributed by atoms with Crippen LogP contribution in [0.1, 0.15) is 109 Å². The van der Waals surface area contributed by atoms with Gasteiger partial charge in [0.25, 0.3) is 0 Å². The summed E-state index contributed by atoms with van der Waals surface area (Å²) in [5.41, 5.74) is 3.74. The molecule has 1 aliphatic heterocycles. The van der Waals surface area contributed by atoms with Crippen LogP contribution in [0.2, 0.25) is 0 Å². The van der Waals surface area contributed by atoms with Crippen LogP contribution < -0.4 is 5.32 Å². The highest BCUT2D eigenvalue weighted by Crippen LogP contribution is 2.70. The van der Waals surface area contributed by atoms with Crippen LogP contribution in [0.15, 0.2) is 60.8 Å². The molecule has 0 bridgehead atoms. The molecular formula is C44H59FN4O3. The van der Waals surface area contributed by atoms with Gasteiger partial charge in [0.1, 0.15) is 11.5 Å². The summed E-state index contributed by atoms with van der Waals surface area (Å²) in [6.45, 7) is 11.4. The zero-order valence-corrected chi connectivity index (χ0v) is 31.7. The minimum Gasteiger partial charge on any atom is -0.374 e. The van der Waals surface area contributed by atoms with Gasteiger partial charge >= 0.3 is 0 Å². The summed E-state index contributed by atoms with van der Waals surface area (Å²) in [5, 5.41) is 11.5. The molecule has 8 heteroatoms. The number of hydrogen-bond donors (Lipinski definition) is 1. The van der Waals surface area contributed by atoms with Crippen molar-refractivity contribution in [2.45, 2.75) is 130 Å². The Morgan fingerprint density at radius 1 is 1.00 bits per heavy atom. The molecule has 2 aromatic carbocycles. The number of benzene rings is 2. The first-order valence-corrected chi connectivity index (χ1v) is 20.3. The number of nitrogens with one attached hydrogen (secondary N) is 1. The lowest BCUT2D eigenvalue weighted by molar-refractivity contribution is -0.139. The average Bonchev–Trinajstić information content (AvgIpc) is 3.82. The first kappa shape index (κ1) is 35.9. The number of nitrogens with zero attached hydrogens (tertiary/aromatic N) is 3. The minimum atomic E-state index is -0.256. The lowest BCUT2D eigenvalue weighted by Crippen LogP contribution is -2.54. The van der Waals surface area contributed by atoms with Crippen molar-refractivity contribution < 1.29 is 18.7 Å². The Hall–Kier alpha value is -3.10. The van der Waals surface area contributed by atoms with E-state index in [9.17, 15) is 9.18 Å². The molecule has 1 aromatic heterocycles. The first-order chi connectivity index (χ1) is 25.1. The van der Waals surface area contributed by atoms with E-state index in [1.807, 2.05) is 13.1 Å². The van der Waals surface area contributed by atoms with Crippen molar-refractivity contribution in [3.05, 3.63) is 83.4 Å². The van der Waals surface area contributed by atoms with E-state index in [0.717, 1.165) is 48.7 Å². The Bertz CT molecular complexity index is 1680. The molecule has 5 fully saturated rings. The predicted molar refractivity (Wildman–Crippen MR) is 199 cm³/mol. The van der Waals surface area contributed by atoms with Crippen molar-refractivity contribution in [3.63, 3.8) is 0 Å². The third-order valence-corrected chi connectivity index (χ3v) is 15.2. The van der Waals surface area contributed by atoms with Crippen molar-refractivity contribution in [2.24, 2.45) is 52.3 Å². The molecule has 0 unspecified atom stereocenters. The van der Waals surface area contributed by atoms with Crippen LogP contribution in [0.4, 0.5) is 4.39 Å². The normalized spacial score (nSPS) is 37.1. The van der Waals surface area contributed by atoms with Gasteiger partial charge in [-0.25, -0.2) is 9.07 Å². The van der Waals surface area contributed by atoms with Gasteiger partial charge in [-0.1, -0.05) is 75.4 Å². The molecule has 52 heavy (non-hydrogen) atoms. The number of aromatic nitrogens is 3. The maximum atomic E-state index is 13.2. The zero-order chi connectivity index (χ0) is 36.0. The van der Waals surface area contributed by atoms with Gasteiger partial charge < -0.3 is 14.8 Å². The summed E-state index contributed by atoms with van der Waals surface area (Å²) in [4.78, 5) is 13.1. The molecule has 5 aliphatic rings. The number of amides is 1. The van der Waals surface area contributed by atoms with Crippen LogP contribution in [0.3, 0.4) is 0 Å². The van der Waals surface area contributed by atoms with Crippen LogP contribution >= 0.6 is 0 Å². The smallest absolute Gasteiger partial charge is 0.223 e. The maximum absolute atomic E-state index is 13.2. The van der Waals surface area contributed by atoms with E-state index in [0.29, 0.717) is 53.7 Å². The summed E-state index contributed by atoms with van der Waals surface area (Å²) < 4.78 is 28.4. The highest BCUT2D eigenvalue weighted by Gasteiger charge is 2.65. The van der Waals surface area contributed by atoms with E-state index in [-0.39, 0.29) is 23.7 Å². The zero-order valence-electron chi connectivity index (χ0n) is 31.7. The molecule has 4 saturated carbocycles. The Morgan fingerprint density at radius 3 is 2.60 bits per heavy atom. The molecule has 7 nitrogen and oxygen atoms in total. The van der Waals surface area contributed by atoms with Gasteiger partial charge in [-0.05, 0) is 134 Å². The van der Waals surface area contributed by atoms with E-state index in [1.165, 1.54) is 69.1 Å². The standard InChI is InChI=1S/C44H59FN4O3/c1-28(42(50)46-24-34-26-49(48-47-34)25-30-11-14-33(45)15-12-30)10-17-39-29(2)41-40(52-39)23-38-36-16-13-32-22-35(51-27-31-8-6-5-7-9-31)18-20-43(32,3)37(36)19-21-44(38,41)4/h5-9,11-12,14-15,26,28-29,32,35-41H,10,13,16-25,27H2,1-4H3,(H,46,50)/t28-,29+,32+,35-,36+,37-,38-,39+,40-,41-,43-,44-/m0/s1. The fraction of sp³-hybridized carbons (Fsp3) is 0.659. The van der Waals surface area contributed by atoms with Crippen LogP contribution in [0.25, 0.3) is 0 Å². The molecule has 8 rings (SSSR count). The topological polar surface area (TPSA) is 78.3 Å². The van der Waals surface area contributed by atoms with Crippen LogP contribution in [-0.4, -0.2) is 39.2 Å². The van der Waals surface area contributed by atoms with Crippen molar-refractivity contribution in [3.8, 4) is 0 Å². The fourth-order valence-electron chi connectivity index (χ4n) is 12.3. The van der Waals surface area contributed by atoms with E-state index in [1.54, 1.807) is 16.8 Å². The summed E-state index contributed by atoms with van der Waals surface area (Å²) in [6.07, 6.45) is 15.0. The average molecular weight is 711 g/mol. The van der Waals surface area contributed by atoms with Crippen molar-refractivity contribution >= 4 is 5.91 Å². The molecule has 0 radical (unpaired) electrons. The highest BCUT2D eigenvalue weighted by molar-refractivity contribution is 5.78. The summed E-state index contributed by atoms with van der Waals surface area (Å²) in [5.74, 6) is 4.06. The van der Waals surface area contributed by atoms with E-state index >= 15 is 0 Å². The lowest BCUT2D eigenvalue weighted by Gasteiger charge is -2.61. The molecule has 3 aromatic rings. The monoisotopic (exact) mass is 710 g/mol. The number of fused-ring (bicyclic) bond motifs is 7. The number of halogens is 1. The van der Waals surface area contributed by atoms with Gasteiger partial charge in [0.15, 0.2) is 0 Å². The SMILES string of the molecule is C[C@H]1[C@H]2[C@H](C[C@H]3[C@@H]4CC[C@@H]5C[C@@H](OCc6ccccc6)CC[C@]5(C)[C@H]4CC[C@]23C)O[C@@H]1CC[C@H](C)C(=O)NCc1cn(Cc2ccc(F)cc2)nn1. The highest BCUT2D eigenvalue weighted by atomic mass is 19.1. The van der Waals surface area contributed by atoms with Crippen LogP contribution in [0.5, 0.6) is 0 Å². The Labute approximate surface area is 309 Å². The number of ether oxygens (including phenoxy) is 2. The second kappa shape index (κ2) is 14.6. The van der Waals surface area contributed by atoms with Crippen molar-refractivity contribution in [1.29, 1.82) is 0 Å². The molecule has 2 heterocycles. The van der Waals surface area contributed by atoms with Crippen molar-refractivity contribution in [1.82, 2.24) is 20.3 Å². The number of carbonyl (C=O) groups is 1. The van der Waals surface area contributed by atoms with Crippen molar-refractivity contribution in [2.75, 3.05) is 0 Å². The molecule has 1 amide bonds. The van der Waals surface area contributed by atoms with E-state index < -0.39 is 0 Å². The maximum Gasteiger partial charge on any atom is 0.223 e. The molecule has 280 valence electrons. The van der Waals surface area contributed by atoms with Gasteiger partial charge in [-0.3, -0.25) is 4.79 Å². The van der Waals surface area contributed by atoms with Crippen LogP contribution in [0, 0.1) is 58.1 Å². The molecular weight excluding hydrogens is 652 g/mol. The number of hydrogen-bond acceptors (Lipinski definition) is 5. The molecule has 12 atom stereocenters. The Morgan fingerprint density at radius 2 is 1.79 bits per heavy atom. The Kier molecular flexibility index (Phi) is 10.1. The first-order valence-electron chi connectivity index (χ1n) is 20.3. The minimum absolute atomic E-state index is 0.0464. The summed E-state index contributed by atoms with van der Waals surface area (Å²) in [6, 6.07) is 17.0. The fourth-order valence-corrected chi connectivity index (χ4v) is 12.3. The largest absolute Gasteiger partial charge is 0.374 e. The van der Waals surface area contributed by atoms with Gasteiger partial charge in [0.05, 0.1) is 44.2 Å². The molecule has 0 spiro atoms. The summed E-state index contributed by atoms with van der Waals surface area (Å²) in [7, 11) is 0. The van der Waals surface area contributed by atoms with Gasteiger partial charge in [0.2, 0.25) is 5.91 Å². The third kappa shape index (κ3) is 6.87. The number of carbonyl (C=O) groups excluding carboxylic acids is 1. The van der Waals surface area contributed by atoms with Gasteiger partial charge in [0, 0.05) is 5.92 Å². The van der Waals surface area contributed by atoms with Gasteiger partial charge in [-0.15, -0.1) is 5.10 Å². The summed E-state index contributed by atoms with van der Waals surface area (Å²) >= 11 is 0. The van der Waals surface area contributed by atoms with E-state index in [4.69, 9.17) is 9.47 Å². The molecule has 1 N–H and O–H groups in total. The quantitative estimate of drug-likeness (QED) is 0.215. The van der Waals surface area contributed by atoms with Gasteiger partial charge in [-0.2, -0.15) is 0 Å². The van der Waals surface area contributed by atoms with Crippen LogP contribution in [-0.2, 0) is 34.0 Å². The molecule has 1 saturated heterocycles.